The van der Waals surface area contributed by atoms with Gasteiger partial charge in [0.15, 0.2) is 5.82 Å². The average Bonchev–Trinajstić information content (AvgIpc) is 2.86. The van der Waals surface area contributed by atoms with E-state index < -0.39 is 5.82 Å². The second-order valence-corrected chi connectivity index (χ2v) is 5.69. The van der Waals surface area contributed by atoms with Gasteiger partial charge in [0.1, 0.15) is 5.02 Å². The largest absolute Gasteiger partial charge is 0.397 e. The molecule has 102 valence electrons. The Kier molecular flexibility index (Phi) is 4.17. The molecule has 2 aromatic rings. The molecule has 0 aliphatic heterocycles. The Balaban J connectivity index is 2.19. The van der Waals surface area contributed by atoms with Crippen LogP contribution in [0.2, 0.25) is 5.02 Å². The summed E-state index contributed by atoms with van der Waals surface area (Å²) >= 11 is 7.49. The van der Waals surface area contributed by atoms with Gasteiger partial charge in [-0.25, -0.2) is 4.39 Å². The highest BCUT2D eigenvalue weighted by atomic mass is 35.5. The van der Waals surface area contributed by atoms with E-state index in [0.29, 0.717) is 17.9 Å². The average molecular weight is 300 g/mol. The normalized spacial score (nSPS) is 10.7. The van der Waals surface area contributed by atoms with Crippen LogP contribution in [0, 0.1) is 5.82 Å². The van der Waals surface area contributed by atoms with E-state index in [-0.39, 0.29) is 10.7 Å². The van der Waals surface area contributed by atoms with Crippen molar-refractivity contribution < 1.29 is 4.39 Å². The number of rotatable bonds is 4. The molecule has 0 saturated carbocycles. The van der Waals surface area contributed by atoms with Gasteiger partial charge in [0, 0.05) is 18.5 Å². The van der Waals surface area contributed by atoms with Crippen molar-refractivity contribution in [3.05, 3.63) is 39.3 Å². The summed E-state index contributed by atoms with van der Waals surface area (Å²) in [5.74, 6) is -0.562. The van der Waals surface area contributed by atoms with Crippen molar-refractivity contribution in [3.63, 3.8) is 0 Å². The molecular weight excluding hydrogens is 285 g/mol. The molecule has 2 rings (SSSR count). The molecule has 0 unspecified atom stereocenters. The quantitative estimate of drug-likeness (QED) is 0.851. The molecule has 19 heavy (non-hydrogen) atoms. The Labute approximate surface area is 120 Å². The molecule has 1 aromatic heterocycles. The second kappa shape index (κ2) is 5.67. The van der Waals surface area contributed by atoms with E-state index in [9.17, 15) is 4.39 Å². The van der Waals surface area contributed by atoms with Gasteiger partial charge in [-0.3, -0.25) is 0 Å². The molecule has 1 heterocycles. The number of halogens is 2. The summed E-state index contributed by atoms with van der Waals surface area (Å²) in [5.41, 5.74) is 12.2. The van der Waals surface area contributed by atoms with E-state index in [4.69, 9.17) is 23.1 Å². The molecule has 4 N–H and O–H groups in total. The maximum absolute atomic E-state index is 14.1. The molecule has 0 amide bonds. The van der Waals surface area contributed by atoms with Gasteiger partial charge in [-0.2, -0.15) is 0 Å². The summed E-state index contributed by atoms with van der Waals surface area (Å²) in [5, 5.41) is 1.94. The van der Waals surface area contributed by atoms with Gasteiger partial charge in [-0.15, -0.1) is 11.3 Å². The summed E-state index contributed by atoms with van der Waals surface area (Å²) in [6.07, 6.45) is 0.828. The first-order chi connectivity index (χ1) is 9.00. The van der Waals surface area contributed by atoms with Crippen LogP contribution in [0.5, 0.6) is 0 Å². The number of nitrogens with two attached hydrogens (primary N) is 2. The molecule has 0 bridgehead atoms. The fourth-order valence-electron chi connectivity index (χ4n) is 1.89. The Morgan fingerprint density at radius 3 is 2.74 bits per heavy atom. The van der Waals surface area contributed by atoms with Crippen LogP contribution in [0.1, 0.15) is 4.88 Å². The number of hydrogen-bond acceptors (Lipinski definition) is 4. The lowest BCUT2D eigenvalue weighted by Gasteiger charge is -2.22. The van der Waals surface area contributed by atoms with Gasteiger partial charge in [0.25, 0.3) is 0 Å². The van der Waals surface area contributed by atoms with E-state index in [2.05, 4.69) is 0 Å². The van der Waals surface area contributed by atoms with Crippen LogP contribution in [0.25, 0.3) is 0 Å². The molecule has 0 saturated heterocycles. The van der Waals surface area contributed by atoms with E-state index in [1.165, 1.54) is 10.9 Å². The topological polar surface area (TPSA) is 55.3 Å². The Bertz CT molecular complexity index is 572. The summed E-state index contributed by atoms with van der Waals surface area (Å²) in [6, 6.07) is 5.53. The fraction of sp³-hybridized carbons (Fsp3) is 0.231. The number of likely N-dealkylation sites (N-methyl/N-ethyl adjacent to an activating group) is 1. The van der Waals surface area contributed by atoms with E-state index >= 15 is 0 Å². The predicted octanol–water partition coefficient (Wildman–Crippen LogP) is 3.38. The molecule has 0 aliphatic carbocycles. The van der Waals surface area contributed by atoms with Crippen LogP contribution in [-0.2, 0) is 6.42 Å². The van der Waals surface area contributed by atoms with Crippen molar-refractivity contribution >= 4 is 40.0 Å². The minimum Gasteiger partial charge on any atom is -0.397 e. The van der Waals surface area contributed by atoms with Crippen molar-refractivity contribution in [3.8, 4) is 0 Å². The first kappa shape index (κ1) is 14.0. The molecule has 0 fully saturated rings. The van der Waals surface area contributed by atoms with Crippen LogP contribution < -0.4 is 16.4 Å². The van der Waals surface area contributed by atoms with Crippen LogP contribution >= 0.6 is 22.9 Å². The Hall–Kier alpha value is -1.46. The van der Waals surface area contributed by atoms with Crippen LogP contribution in [0.3, 0.4) is 0 Å². The third-order valence-corrected chi connectivity index (χ3v) is 4.21. The molecule has 0 spiro atoms. The predicted molar refractivity (Wildman–Crippen MR) is 81.5 cm³/mol. The lowest BCUT2D eigenvalue weighted by molar-refractivity contribution is 0.624. The second-order valence-electron chi connectivity index (χ2n) is 4.28. The SMILES string of the molecule is CN(CCc1cccs1)c1c(N)cc(N)c(Cl)c1F. The number of thiophene rings is 1. The number of hydrogen-bond donors (Lipinski definition) is 2. The summed E-state index contributed by atoms with van der Waals surface area (Å²) in [7, 11) is 1.79. The van der Waals surface area contributed by atoms with Crippen molar-refractivity contribution in [2.45, 2.75) is 6.42 Å². The number of anilines is 3. The molecule has 0 atom stereocenters. The lowest BCUT2D eigenvalue weighted by Crippen LogP contribution is -2.22. The third kappa shape index (κ3) is 2.93. The van der Waals surface area contributed by atoms with Crippen LogP contribution in [0.15, 0.2) is 23.6 Å². The first-order valence-electron chi connectivity index (χ1n) is 5.77. The fourth-order valence-corrected chi connectivity index (χ4v) is 2.73. The summed E-state index contributed by atoms with van der Waals surface area (Å²) in [6.45, 7) is 0.655. The standard InChI is InChI=1S/C13H15ClFN3S/c1-18(5-4-8-3-2-6-19-8)13-10(17)7-9(16)11(14)12(13)15/h2-3,6-7H,4-5,16-17H2,1H3. The highest BCUT2D eigenvalue weighted by molar-refractivity contribution is 7.09. The Morgan fingerprint density at radius 2 is 2.11 bits per heavy atom. The summed E-state index contributed by atoms with van der Waals surface area (Å²) < 4.78 is 14.1. The van der Waals surface area contributed by atoms with E-state index in [1.54, 1.807) is 23.3 Å². The maximum atomic E-state index is 14.1. The van der Waals surface area contributed by atoms with Gasteiger partial charge in [-0.05, 0) is 23.9 Å². The lowest BCUT2D eigenvalue weighted by atomic mass is 10.2. The number of benzene rings is 1. The Morgan fingerprint density at radius 1 is 1.37 bits per heavy atom. The molecule has 3 nitrogen and oxygen atoms in total. The van der Waals surface area contributed by atoms with Gasteiger partial charge < -0.3 is 16.4 Å². The van der Waals surface area contributed by atoms with Crippen LogP contribution in [0.4, 0.5) is 21.5 Å². The first-order valence-corrected chi connectivity index (χ1v) is 7.03. The monoisotopic (exact) mass is 299 g/mol. The van der Waals surface area contributed by atoms with Crippen molar-refractivity contribution in [2.24, 2.45) is 0 Å². The highest BCUT2D eigenvalue weighted by Gasteiger charge is 2.17. The van der Waals surface area contributed by atoms with Crippen molar-refractivity contribution in [2.75, 3.05) is 30.0 Å². The molecule has 0 aliphatic rings. The van der Waals surface area contributed by atoms with E-state index in [0.717, 1.165) is 6.42 Å². The highest BCUT2D eigenvalue weighted by Crippen LogP contribution is 2.35. The molecule has 1 aromatic carbocycles. The van der Waals surface area contributed by atoms with E-state index in [1.807, 2.05) is 17.5 Å². The zero-order valence-corrected chi connectivity index (χ0v) is 12.1. The molecule has 0 radical (unpaired) electrons. The van der Waals surface area contributed by atoms with Gasteiger partial charge in [-0.1, -0.05) is 17.7 Å². The van der Waals surface area contributed by atoms with Crippen molar-refractivity contribution in [1.29, 1.82) is 0 Å². The summed E-state index contributed by atoms with van der Waals surface area (Å²) in [4.78, 5) is 3.00. The maximum Gasteiger partial charge on any atom is 0.169 e. The molecule has 6 heteroatoms. The smallest absolute Gasteiger partial charge is 0.169 e. The van der Waals surface area contributed by atoms with Crippen molar-refractivity contribution in [1.82, 2.24) is 0 Å². The zero-order valence-electron chi connectivity index (χ0n) is 10.5. The number of nitrogens with zero attached hydrogens (tertiary/aromatic N) is 1. The van der Waals surface area contributed by atoms with Crippen LogP contribution in [-0.4, -0.2) is 13.6 Å². The van der Waals surface area contributed by atoms with Gasteiger partial charge in [0.05, 0.1) is 17.1 Å². The number of nitrogen functional groups attached to an aromatic ring is 2. The third-order valence-electron chi connectivity index (χ3n) is 2.89. The zero-order chi connectivity index (χ0) is 14.0. The molecular formula is C13H15ClFN3S. The van der Waals surface area contributed by atoms with Gasteiger partial charge >= 0.3 is 0 Å². The van der Waals surface area contributed by atoms with Gasteiger partial charge in [0.2, 0.25) is 0 Å². The minimum absolute atomic E-state index is 0.0767. The minimum atomic E-state index is -0.562.